The first kappa shape index (κ1) is 17.1. The molecule has 0 spiro atoms. The van der Waals surface area contributed by atoms with Crippen molar-refractivity contribution >= 4 is 11.6 Å². The molecule has 1 atom stereocenters. The molecule has 1 rings (SSSR count). The summed E-state index contributed by atoms with van der Waals surface area (Å²) < 4.78 is 11.3. The summed E-state index contributed by atoms with van der Waals surface area (Å²) in [5, 5.41) is 12.9. The van der Waals surface area contributed by atoms with E-state index in [1.165, 1.54) is 0 Å². The molecule has 0 bridgehead atoms. The van der Waals surface area contributed by atoms with Crippen LogP contribution in [0.25, 0.3) is 0 Å². The summed E-state index contributed by atoms with van der Waals surface area (Å²) in [6.45, 7) is 9.26. The number of halogens is 1. The van der Waals surface area contributed by atoms with Crippen LogP contribution in [0.5, 0.6) is 11.5 Å². The van der Waals surface area contributed by atoms with Gasteiger partial charge in [0.05, 0.1) is 23.8 Å². The average Bonchev–Trinajstić information content (AvgIpc) is 2.33. The van der Waals surface area contributed by atoms with Gasteiger partial charge in [-0.25, -0.2) is 0 Å². The summed E-state index contributed by atoms with van der Waals surface area (Å²) in [5.41, 5.74) is 0.996. The number of nitrogens with one attached hydrogen (secondary N) is 1. The Morgan fingerprint density at radius 3 is 2.55 bits per heavy atom. The Morgan fingerprint density at radius 2 is 2.00 bits per heavy atom. The van der Waals surface area contributed by atoms with Crippen molar-refractivity contribution in [3.05, 3.63) is 22.7 Å². The molecule has 0 amide bonds. The largest absolute Gasteiger partial charge is 0.490 e. The molecule has 1 aromatic carbocycles. The van der Waals surface area contributed by atoms with Crippen LogP contribution in [0, 0.1) is 0 Å². The van der Waals surface area contributed by atoms with E-state index in [0.29, 0.717) is 36.2 Å². The van der Waals surface area contributed by atoms with E-state index in [1.807, 2.05) is 32.9 Å². The highest BCUT2D eigenvalue weighted by atomic mass is 35.5. The van der Waals surface area contributed by atoms with Gasteiger partial charge in [0.1, 0.15) is 0 Å². The molecular formula is C15H24ClNO3. The maximum atomic E-state index is 9.23. The van der Waals surface area contributed by atoms with Crippen molar-refractivity contribution in [3.63, 3.8) is 0 Å². The Morgan fingerprint density at radius 1 is 1.30 bits per heavy atom. The molecule has 5 heteroatoms. The van der Waals surface area contributed by atoms with Gasteiger partial charge in [-0.3, -0.25) is 0 Å². The SMILES string of the molecule is CCOc1cc(CNCC(C)O)cc(Cl)c1OC(C)C. The summed E-state index contributed by atoms with van der Waals surface area (Å²) in [4.78, 5) is 0. The molecule has 0 aliphatic carbocycles. The molecule has 4 nitrogen and oxygen atoms in total. The molecule has 0 saturated heterocycles. The van der Waals surface area contributed by atoms with Crippen LogP contribution in [0.3, 0.4) is 0 Å². The number of aliphatic hydroxyl groups excluding tert-OH is 1. The van der Waals surface area contributed by atoms with Gasteiger partial charge in [-0.1, -0.05) is 11.6 Å². The van der Waals surface area contributed by atoms with Gasteiger partial charge < -0.3 is 19.9 Å². The number of rotatable bonds is 8. The smallest absolute Gasteiger partial charge is 0.180 e. The third-order valence-corrected chi connectivity index (χ3v) is 2.77. The Kier molecular flexibility index (Phi) is 7.13. The van der Waals surface area contributed by atoms with Crippen LogP contribution in [0.1, 0.15) is 33.3 Å². The highest BCUT2D eigenvalue weighted by Gasteiger charge is 2.14. The number of benzene rings is 1. The van der Waals surface area contributed by atoms with Crippen molar-refractivity contribution in [1.29, 1.82) is 0 Å². The maximum Gasteiger partial charge on any atom is 0.180 e. The van der Waals surface area contributed by atoms with Gasteiger partial charge in [0, 0.05) is 13.1 Å². The standard InChI is InChI=1S/C15H24ClNO3/c1-5-19-14-7-12(9-17-8-11(4)18)6-13(16)15(14)20-10(2)3/h6-7,10-11,17-18H,5,8-9H2,1-4H3. The number of aliphatic hydroxyl groups is 1. The van der Waals surface area contributed by atoms with E-state index in [9.17, 15) is 5.11 Å². The molecule has 0 radical (unpaired) electrons. The number of hydrogen-bond acceptors (Lipinski definition) is 4. The van der Waals surface area contributed by atoms with Gasteiger partial charge in [0.25, 0.3) is 0 Å². The van der Waals surface area contributed by atoms with Crippen molar-refractivity contribution < 1.29 is 14.6 Å². The van der Waals surface area contributed by atoms with Crippen LogP contribution in [0.15, 0.2) is 12.1 Å². The summed E-state index contributed by atoms with van der Waals surface area (Å²) in [7, 11) is 0. The van der Waals surface area contributed by atoms with Gasteiger partial charge in [-0.15, -0.1) is 0 Å². The fraction of sp³-hybridized carbons (Fsp3) is 0.600. The Bertz CT molecular complexity index is 422. The van der Waals surface area contributed by atoms with E-state index < -0.39 is 0 Å². The minimum absolute atomic E-state index is 0.0333. The van der Waals surface area contributed by atoms with Crippen LogP contribution in [-0.2, 0) is 6.54 Å². The lowest BCUT2D eigenvalue weighted by Crippen LogP contribution is -2.23. The average molecular weight is 302 g/mol. The minimum Gasteiger partial charge on any atom is -0.490 e. The molecule has 0 fully saturated rings. The lowest BCUT2D eigenvalue weighted by molar-refractivity contribution is 0.191. The van der Waals surface area contributed by atoms with Crippen LogP contribution in [-0.4, -0.2) is 30.5 Å². The lowest BCUT2D eigenvalue weighted by Gasteiger charge is -2.17. The van der Waals surface area contributed by atoms with E-state index in [4.69, 9.17) is 21.1 Å². The van der Waals surface area contributed by atoms with Gasteiger partial charge in [-0.05, 0) is 45.4 Å². The Hall–Kier alpha value is -0.970. The van der Waals surface area contributed by atoms with Crippen molar-refractivity contribution in [2.75, 3.05) is 13.2 Å². The van der Waals surface area contributed by atoms with Gasteiger partial charge in [0.15, 0.2) is 11.5 Å². The zero-order valence-electron chi connectivity index (χ0n) is 12.6. The topological polar surface area (TPSA) is 50.7 Å². The van der Waals surface area contributed by atoms with Crippen LogP contribution < -0.4 is 14.8 Å². The molecule has 0 heterocycles. The van der Waals surface area contributed by atoms with E-state index in [2.05, 4.69) is 5.32 Å². The van der Waals surface area contributed by atoms with Crippen molar-refractivity contribution in [2.45, 2.75) is 46.4 Å². The molecule has 0 saturated carbocycles. The number of hydrogen-bond donors (Lipinski definition) is 2. The van der Waals surface area contributed by atoms with Crippen LogP contribution in [0.4, 0.5) is 0 Å². The van der Waals surface area contributed by atoms with Crippen molar-refractivity contribution in [2.24, 2.45) is 0 Å². The van der Waals surface area contributed by atoms with Crippen LogP contribution >= 0.6 is 11.6 Å². The van der Waals surface area contributed by atoms with Gasteiger partial charge >= 0.3 is 0 Å². The van der Waals surface area contributed by atoms with Gasteiger partial charge in [-0.2, -0.15) is 0 Å². The first-order valence-electron chi connectivity index (χ1n) is 6.94. The maximum absolute atomic E-state index is 9.23. The van der Waals surface area contributed by atoms with E-state index in [0.717, 1.165) is 5.56 Å². The van der Waals surface area contributed by atoms with Gasteiger partial charge in [0.2, 0.25) is 0 Å². The quantitative estimate of drug-likeness (QED) is 0.775. The summed E-state index contributed by atoms with van der Waals surface area (Å²) in [6.07, 6.45) is -0.341. The molecule has 2 N–H and O–H groups in total. The highest BCUT2D eigenvalue weighted by Crippen LogP contribution is 2.37. The molecule has 1 unspecified atom stereocenters. The molecule has 0 aliphatic rings. The Balaban J connectivity index is 2.88. The second kappa shape index (κ2) is 8.35. The Labute approximate surface area is 126 Å². The second-order valence-corrected chi connectivity index (χ2v) is 5.39. The van der Waals surface area contributed by atoms with Crippen LogP contribution in [0.2, 0.25) is 5.02 Å². The molecule has 114 valence electrons. The molecular weight excluding hydrogens is 278 g/mol. The van der Waals surface area contributed by atoms with E-state index in [1.54, 1.807) is 6.92 Å². The third-order valence-electron chi connectivity index (χ3n) is 2.49. The molecule has 0 aromatic heterocycles. The van der Waals surface area contributed by atoms with E-state index >= 15 is 0 Å². The molecule has 20 heavy (non-hydrogen) atoms. The lowest BCUT2D eigenvalue weighted by atomic mass is 10.2. The first-order valence-corrected chi connectivity index (χ1v) is 7.32. The van der Waals surface area contributed by atoms with Crippen molar-refractivity contribution in [1.82, 2.24) is 5.32 Å². The summed E-state index contributed by atoms with van der Waals surface area (Å²) in [6, 6.07) is 3.78. The first-order chi connectivity index (χ1) is 9.43. The summed E-state index contributed by atoms with van der Waals surface area (Å²) >= 11 is 6.27. The molecule has 0 aliphatic heterocycles. The zero-order chi connectivity index (χ0) is 15.1. The van der Waals surface area contributed by atoms with Crippen molar-refractivity contribution in [3.8, 4) is 11.5 Å². The predicted molar refractivity (Wildman–Crippen MR) is 81.8 cm³/mol. The van der Waals surface area contributed by atoms with E-state index in [-0.39, 0.29) is 12.2 Å². The monoisotopic (exact) mass is 301 g/mol. The number of ether oxygens (including phenoxy) is 2. The fourth-order valence-corrected chi connectivity index (χ4v) is 2.04. The highest BCUT2D eigenvalue weighted by molar-refractivity contribution is 6.32. The normalized spacial score (nSPS) is 12.6. The third kappa shape index (κ3) is 5.57. The summed E-state index contributed by atoms with van der Waals surface area (Å²) in [5.74, 6) is 1.24. The predicted octanol–water partition coefficient (Wildman–Crippen LogP) is 3.00. The fourth-order valence-electron chi connectivity index (χ4n) is 1.76. The second-order valence-electron chi connectivity index (χ2n) is 4.98. The molecule has 1 aromatic rings. The zero-order valence-corrected chi connectivity index (χ0v) is 13.3. The minimum atomic E-state index is -0.375.